The van der Waals surface area contributed by atoms with Crippen LogP contribution in [0.1, 0.15) is 20.7 Å². The van der Waals surface area contributed by atoms with Gasteiger partial charge in [-0.3, -0.25) is 9.59 Å². The highest BCUT2D eigenvalue weighted by atomic mass is 35.5. The number of halogens is 2. The highest BCUT2D eigenvalue weighted by Gasteiger charge is 2.23. The first-order valence-corrected chi connectivity index (χ1v) is 11.2. The van der Waals surface area contributed by atoms with Crippen molar-refractivity contribution in [3.05, 3.63) is 87.9 Å². The van der Waals surface area contributed by atoms with Crippen molar-refractivity contribution in [3.63, 3.8) is 0 Å². The summed E-state index contributed by atoms with van der Waals surface area (Å²) in [5.41, 5.74) is 2.55. The molecule has 0 unspecified atom stereocenters. The van der Waals surface area contributed by atoms with Crippen LogP contribution in [0.2, 0.25) is 10.0 Å². The Morgan fingerprint density at radius 2 is 1.48 bits per heavy atom. The van der Waals surface area contributed by atoms with Gasteiger partial charge in [-0.1, -0.05) is 35.3 Å². The second-order valence-electron chi connectivity index (χ2n) is 7.64. The fourth-order valence-corrected chi connectivity index (χ4v) is 4.33. The number of hydrogen-bond acceptors (Lipinski definition) is 4. The zero-order valence-electron chi connectivity index (χ0n) is 18.1. The molecular formula is C25H23Cl2N3O3. The molecule has 170 valence electrons. The molecule has 1 aliphatic heterocycles. The second-order valence-corrected chi connectivity index (χ2v) is 8.51. The van der Waals surface area contributed by atoms with E-state index < -0.39 is 0 Å². The van der Waals surface area contributed by atoms with Crippen LogP contribution in [-0.2, 0) is 0 Å². The van der Waals surface area contributed by atoms with E-state index in [1.165, 1.54) is 0 Å². The minimum absolute atomic E-state index is 0.0332. The fourth-order valence-electron chi connectivity index (χ4n) is 3.81. The van der Waals surface area contributed by atoms with Crippen LogP contribution in [-0.4, -0.2) is 50.0 Å². The third-order valence-corrected chi connectivity index (χ3v) is 5.94. The summed E-state index contributed by atoms with van der Waals surface area (Å²) in [4.78, 5) is 29.5. The van der Waals surface area contributed by atoms with Crippen molar-refractivity contribution >= 4 is 46.4 Å². The van der Waals surface area contributed by atoms with Crippen molar-refractivity contribution in [2.24, 2.45) is 0 Å². The van der Waals surface area contributed by atoms with E-state index >= 15 is 0 Å². The Labute approximate surface area is 202 Å². The summed E-state index contributed by atoms with van der Waals surface area (Å²) in [6.07, 6.45) is 0. The molecule has 2 amide bonds. The van der Waals surface area contributed by atoms with E-state index in [1.54, 1.807) is 49.6 Å². The first-order valence-electron chi connectivity index (χ1n) is 10.5. The quantitative estimate of drug-likeness (QED) is 0.540. The van der Waals surface area contributed by atoms with Crippen LogP contribution < -0.4 is 15.0 Å². The van der Waals surface area contributed by atoms with Crippen LogP contribution in [0.25, 0.3) is 0 Å². The number of para-hydroxylation sites is 2. The Morgan fingerprint density at radius 3 is 2.12 bits per heavy atom. The topological polar surface area (TPSA) is 61.9 Å². The van der Waals surface area contributed by atoms with Crippen LogP contribution in [0.15, 0.2) is 66.7 Å². The summed E-state index contributed by atoms with van der Waals surface area (Å²) >= 11 is 11.9. The van der Waals surface area contributed by atoms with E-state index in [-0.39, 0.29) is 11.8 Å². The van der Waals surface area contributed by atoms with Gasteiger partial charge in [0, 0.05) is 53.0 Å². The van der Waals surface area contributed by atoms with Gasteiger partial charge >= 0.3 is 0 Å². The molecule has 0 aliphatic carbocycles. The first-order chi connectivity index (χ1) is 15.9. The van der Waals surface area contributed by atoms with E-state index in [1.807, 2.05) is 29.2 Å². The number of piperazine rings is 1. The molecule has 1 aliphatic rings. The Balaban J connectivity index is 1.36. The largest absolute Gasteiger partial charge is 0.495 e. The highest BCUT2D eigenvalue weighted by molar-refractivity contribution is 6.35. The summed E-state index contributed by atoms with van der Waals surface area (Å²) in [6, 6.07) is 19.4. The third kappa shape index (κ3) is 5.41. The van der Waals surface area contributed by atoms with Crippen molar-refractivity contribution in [1.82, 2.24) is 4.90 Å². The number of anilines is 2. The Kier molecular flexibility index (Phi) is 7.06. The number of carbonyl (C=O) groups excluding carboxylic acids is 2. The lowest BCUT2D eigenvalue weighted by atomic mass is 10.1. The summed E-state index contributed by atoms with van der Waals surface area (Å²) in [5, 5.41) is 3.57. The van der Waals surface area contributed by atoms with Gasteiger partial charge in [0.2, 0.25) is 0 Å². The number of benzene rings is 3. The van der Waals surface area contributed by atoms with Crippen molar-refractivity contribution in [2.75, 3.05) is 43.5 Å². The molecule has 4 rings (SSSR count). The molecular weight excluding hydrogens is 461 g/mol. The maximum Gasteiger partial charge on any atom is 0.255 e. The highest BCUT2D eigenvalue weighted by Crippen LogP contribution is 2.28. The molecule has 1 N–H and O–H groups in total. The maximum absolute atomic E-state index is 13.0. The first kappa shape index (κ1) is 23.0. The zero-order chi connectivity index (χ0) is 23.4. The Bertz CT molecular complexity index is 1140. The monoisotopic (exact) mass is 483 g/mol. The average Bonchev–Trinajstić information content (AvgIpc) is 2.83. The van der Waals surface area contributed by atoms with Gasteiger partial charge in [-0.15, -0.1) is 0 Å². The third-order valence-electron chi connectivity index (χ3n) is 5.51. The van der Waals surface area contributed by atoms with Crippen LogP contribution in [0.3, 0.4) is 0 Å². The van der Waals surface area contributed by atoms with Crippen LogP contribution >= 0.6 is 23.2 Å². The van der Waals surface area contributed by atoms with Crippen molar-refractivity contribution < 1.29 is 14.3 Å². The Hall–Kier alpha value is -3.22. The number of ether oxygens (including phenoxy) is 1. The Morgan fingerprint density at radius 1 is 0.848 bits per heavy atom. The maximum atomic E-state index is 13.0. The van der Waals surface area contributed by atoms with Gasteiger partial charge in [-0.05, 0) is 54.6 Å². The number of hydrogen-bond donors (Lipinski definition) is 1. The van der Waals surface area contributed by atoms with Gasteiger partial charge in [-0.2, -0.15) is 0 Å². The average molecular weight is 484 g/mol. The number of carbonyl (C=O) groups is 2. The lowest BCUT2D eigenvalue weighted by molar-refractivity contribution is 0.0746. The minimum atomic E-state index is -0.328. The molecule has 33 heavy (non-hydrogen) atoms. The molecule has 0 aromatic heterocycles. The van der Waals surface area contributed by atoms with E-state index in [9.17, 15) is 9.59 Å². The number of amides is 2. The second kappa shape index (κ2) is 10.1. The molecule has 6 nitrogen and oxygen atoms in total. The summed E-state index contributed by atoms with van der Waals surface area (Å²) in [5.74, 6) is 0.468. The number of nitrogens with zero attached hydrogens (tertiary/aromatic N) is 2. The van der Waals surface area contributed by atoms with Crippen LogP contribution in [0, 0.1) is 0 Å². The van der Waals surface area contributed by atoms with Gasteiger partial charge in [0.1, 0.15) is 5.75 Å². The number of rotatable bonds is 5. The van der Waals surface area contributed by atoms with E-state index in [0.29, 0.717) is 39.9 Å². The number of nitrogens with one attached hydrogen (secondary N) is 1. The summed E-state index contributed by atoms with van der Waals surface area (Å²) in [7, 11) is 1.66. The molecule has 0 saturated carbocycles. The molecule has 1 heterocycles. The van der Waals surface area contributed by atoms with Gasteiger partial charge in [0.05, 0.1) is 12.8 Å². The normalized spacial score (nSPS) is 13.5. The van der Waals surface area contributed by atoms with Gasteiger partial charge < -0.3 is 19.9 Å². The predicted octanol–water partition coefficient (Wildman–Crippen LogP) is 5.22. The van der Waals surface area contributed by atoms with E-state index in [0.717, 1.165) is 24.5 Å². The zero-order valence-corrected chi connectivity index (χ0v) is 19.6. The molecule has 0 atom stereocenters. The smallest absolute Gasteiger partial charge is 0.255 e. The summed E-state index contributed by atoms with van der Waals surface area (Å²) in [6.45, 7) is 2.68. The van der Waals surface area contributed by atoms with Gasteiger partial charge in [-0.25, -0.2) is 0 Å². The SMILES string of the molecule is COc1ccccc1N1CCN(C(=O)c2ccc(NC(=O)c3cc(Cl)cc(Cl)c3)cc2)CC1. The van der Waals surface area contributed by atoms with Gasteiger partial charge in [0.15, 0.2) is 0 Å². The van der Waals surface area contributed by atoms with Crippen LogP contribution in [0.4, 0.5) is 11.4 Å². The number of methoxy groups -OCH3 is 1. The predicted molar refractivity (Wildman–Crippen MR) is 132 cm³/mol. The fraction of sp³-hybridized carbons (Fsp3) is 0.200. The molecule has 1 fully saturated rings. The van der Waals surface area contributed by atoms with Gasteiger partial charge in [0.25, 0.3) is 11.8 Å². The van der Waals surface area contributed by atoms with E-state index in [2.05, 4.69) is 10.2 Å². The van der Waals surface area contributed by atoms with Crippen molar-refractivity contribution in [2.45, 2.75) is 0 Å². The summed E-state index contributed by atoms with van der Waals surface area (Å²) < 4.78 is 5.46. The molecule has 3 aromatic rings. The van der Waals surface area contributed by atoms with E-state index in [4.69, 9.17) is 27.9 Å². The molecule has 0 bridgehead atoms. The van der Waals surface area contributed by atoms with Crippen LogP contribution in [0.5, 0.6) is 5.75 Å². The van der Waals surface area contributed by atoms with Crippen molar-refractivity contribution in [3.8, 4) is 5.75 Å². The molecule has 1 saturated heterocycles. The molecule has 0 radical (unpaired) electrons. The molecule has 8 heteroatoms. The molecule has 0 spiro atoms. The van der Waals surface area contributed by atoms with Crippen molar-refractivity contribution in [1.29, 1.82) is 0 Å². The molecule has 3 aromatic carbocycles. The standard InChI is InChI=1S/C25H23Cl2N3O3/c1-33-23-5-3-2-4-22(23)29-10-12-30(13-11-29)25(32)17-6-8-21(9-7-17)28-24(31)18-14-19(26)16-20(27)15-18/h2-9,14-16H,10-13H2,1H3,(H,28,31). The lowest BCUT2D eigenvalue weighted by Gasteiger charge is -2.36. The minimum Gasteiger partial charge on any atom is -0.495 e. The lowest BCUT2D eigenvalue weighted by Crippen LogP contribution is -2.48.